The molecule has 0 aromatic rings. The standard InChI is InChI=1S/C14H30O7S/c15-1-3-17-4-5-18-6-7-19-8-9-20-10-11-21-12-14-22-13-2-16/h15-16H,1-14H2. The lowest BCUT2D eigenvalue weighted by molar-refractivity contribution is -0.0124. The monoisotopic (exact) mass is 342 g/mol. The van der Waals surface area contributed by atoms with Crippen LogP contribution in [-0.2, 0) is 23.7 Å². The van der Waals surface area contributed by atoms with Crippen LogP contribution in [-0.4, -0.2) is 101 Å². The van der Waals surface area contributed by atoms with E-state index in [4.69, 9.17) is 33.9 Å². The number of aliphatic hydroxyl groups is 2. The van der Waals surface area contributed by atoms with Gasteiger partial charge in [-0.05, 0) is 0 Å². The van der Waals surface area contributed by atoms with Crippen molar-refractivity contribution in [2.45, 2.75) is 0 Å². The predicted molar refractivity (Wildman–Crippen MR) is 85.6 cm³/mol. The Morgan fingerprint density at radius 2 is 0.864 bits per heavy atom. The van der Waals surface area contributed by atoms with E-state index in [1.54, 1.807) is 11.8 Å². The van der Waals surface area contributed by atoms with Gasteiger partial charge in [0, 0.05) is 11.5 Å². The first kappa shape index (κ1) is 22.1. The summed E-state index contributed by atoms with van der Waals surface area (Å²) in [4.78, 5) is 0. The van der Waals surface area contributed by atoms with Crippen LogP contribution in [0.3, 0.4) is 0 Å². The van der Waals surface area contributed by atoms with E-state index in [0.29, 0.717) is 66.1 Å². The lowest BCUT2D eigenvalue weighted by Crippen LogP contribution is -2.14. The molecule has 0 radical (unpaired) electrons. The summed E-state index contributed by atoms with van der Waals surface area (Å²) >= 11 is 1.67. The van der Waals surface area contributed by atoms with Crippen LogP contribution < -0.4 is 0 Å². The highest BCUT2D eigenvalue weighted by molar-refractivity contribution is 7.99. The minimum atomic E-state index is 0.0385. The maximum Gasteiger partial charge on any atom is 0.0701 e. The molecule has 0 saturated heterocycles. The summed E-state index contributed by atoms with van der Waals surface area (Å²) in [7, 11) is 0. The van der Waals surface area contributed by atoms with Crippen molar-refractivity contribution in [3.63, 3.8) is 0 Å². The smallest absolute Gasteiger partial charge is 0.0701 e. The molecule has 134 valence electrons. The number of hydrogen-bond donors (Lipinski definition) is 2. The number of rotatable bonds is 19. The number of aliphatic hydroxyl groups excluding tert-OH is 2. The predicted octanol–water partition coefficient (Wildman–Crippen LogP) is -0.213. The van der Waals surface area contributed by atoms with Gasteiger partial charge in [0.1, 0.15) is 0 Å². The molecule has 0 aliphatic carbocycles. The Morgan fingerprint density at radius 1 is 0.455 bits per heavy atom. The van der Waals surface area contributed by atoms with Gasteiger partial charge in [-0.15, -0.1) is 0 Å². The van der Waals surface area contributed by atoms with Crippen molar-refractivity contribution < 1.29 is 33.9 Å². The quantitative estimate of drug-likeness (QED) is 0.312. The van der Waals surface area contributed by atoms with Gasteiger partial charge in [0.15, 0.2) is 0 Å². The Kier molecular flexibility index (Phi) is 21.1. The summed E-state index contributed by atoms with van der Waals surface area (Å²) in [5.74, 6) is 1.66. The molecule has 0 rings (SSSR count). The first-order valence-corrected chi connectivity index (χ1v) is 8.75. The summed E-state index contributed by atoms with van der Waals surface area (Å²) in [5.41, 5.74) is 0. The van der Waals surface area contributed by atoms with Crippen LogP contribution in [0.15, 0.2) is 0 Å². The Labute approximate surface area is 137 Å². The molecule has 0 saturated carbocycles. The summed E-state index contributed by atoms with van der Waals surface area (Å²) in [6.45, 7) is 5.57. The minimum absolute atomic E-state index is 0.0385. The van der Waals surface area contributed by atoms with E-state index in [1.165, 1.54) is 0 Å². The number of thioether (sulfide) groups is 1. The number of ether oxygens (including phenoxy) is 5. The average molecular weight is 342 g/mol. The van der Waals surface area contributed by atoms with E-state index in [0.717, 1.165) is 11.5 Å². The first-order chi connectivity index (χ1) is 10.9. The van der Waals surface area contributed by atoms with Crippen LogP contribution >= 0.6 is 11.8 Å². The van der Waals surface area contributed by atoms with E-state index >= 15 is 0 Å². The largest absolute Gasteiger partial charge is 0.396 e. The van der Waals surface area contributed by atoms with Crippen molar-refractivity contribution in [2.24, 2.45) is 0 Å². The average Bonchev–Trinajstić information content (AvgIpc) is 2.54. The van der Waals surface area contributed by atoms with Gasteiger partial charge < -0.3 is 33.9 Å². The first-order valence-electron chi connectivity index (χ1n) is 7.60. The van der Waals surface area contributed by atoms with Gasteiger partial charge in [0.05, 0.1) is 79.3 Å². The summed E-state index contributed by atoms with van der Waals surface area (Å²) < 4.78 is 26.4. The van der Waals surface area contributed by atoms with Crippen molar-refractivity contribution in [3.05, 3.63) is 0 Å². The third kappa shape index (κ3) is 20.1. The van der Waals surface area contributed by atoms with Crippen molar-refractivity contribution >= 4 is 11.8 Å². The zero-order valence-electron chi connectivity index (χ0n) is 13.2. The van der Waals surface area contributed by atoms with Crippen molar-refractivity contribution in [1.82, 2.24) is 0 Å². The molecule has 0 aliphatic rings. The molecule has 0 bridgehead atoms. The molecule has 0 unspecified atom stereocenters. The molecule has 2 N–H and O–H groups in total. The van der Waals surface area contributed by atoms with Crippen LogP contribution in [0.25, 0.3) is 0 Å². The zero-order valence-corrected chi connectivity index (χ0v) is 14.1. The van der Waals surface area contributed by atoms with Crippen molar-refractivity contribution in [2.75, 3.05) is 90.8 Å². The topological polar surface area (TPSA) is 86.6 Å². The fourth-order valence-corrected chi connectivity index (χ4v) is 1.90. The molecule has 0 amide bonds. The van der Waals surface area contributed by atoms with E-state index in [9.17, 15) is 0 Å². The van der Waals surface area contributed by atoms with E-state index in [1.807, 2.05) is 0 Å². The second kappa shape index (κ2) is 21.1. The Bertz CT molecular complexity index is 178. The third-order valence-electron chi connectivity index (χ3n) is 2.33. The molecule has 0 heterocycles. The van der Waals surface area contributed by atoms with Crippen LogP contribution in [0.4, 0.5) is 0 Å². The normalized spacial score (nSPS) is 11.2. The molecule has 0 aromatic heterocycles. The molecule has 8 heteroatoms. The second-order valence-electron chi connectivity index (χ2n) is 4.12. The van der Waals surface area contributed by atoms with Gasteiger partial charge in [-0.1, -0.05) is 0 Å². The van der Waals surface area contributed by atoms with E-state index in [2.05, 4.69) is 0 Å². The third-order valence-corrected chi connectivity index (χ3v) is 3.26. The highest BCUT2D eigenvalue weighted by Gasteiger charge is 1.93. The maximum atomic E-state index is 8.59. The highest BCUT2D eigenvalue weighted by atomic mass is 32.2. The van der Waals surface area contributed by atoms with E-state index < -0.39 is 0 Å². The van der Waals surface area contributed by atoms with E-state index in [-0.39, 0.29) is 13.2 Å². The summed E-state index contributed by atoms with van der Waals surface area (Å²) in [5, 5.41) is 17.1. The molecule has 0 aromatic carbocycles. The van der Waals surface area contributed by atoms with Crippen LogP contribution in [0.2, 0.25) is 0 Å². The van der Waals surface area contributed by atoms with Crippen molar-refractivity contribution in [3.8, 4) is 0 Å². The molecule has 0 aliphatic heterocycles. The molecule has 0 spiro atoms. The lowest BCUT2D eigenvalue weighted by Gasteiger charge is -2.07. The minimum Gasteiger partial charge on any atom is -0.396 e. The van der Waals surface area contributed by atoms with Crippen LogP contribution in [0.5, 0.6) is 0 Å². The molecule has 0 fully saturated rings. The van der Waals surface area contributed by atoms with Gasteiger partial charge in [0.25, 0.3) is 0 Å². The Hall–Kier alpha value is 0.0700. The Balaban J connectivity index is 2.91. The summed E-state index contributed by atoms with van der Waals surface area (Å²) in [6, 6.07) is 0. The number of hydrogen-bond acceptors (Lipinski definition) is 8. The molecular formula is C14H30O7S. The fourth-order valence-electron chi connectivity index (χ4n) is 1.33. The van der Waals surface area contributed by atoms with Gasteiger partial charge >= 0.3 is 0 Å². The molecule has 0 atom stereocenters. The van der Waals surface area contributed by atoms with Crippen LogP contribution in [0, 0.1) is 0 Å². The summed E-state index contributed by atoms with van der Waals surface area (Å²) in [6.07, 6.45) is 0. The van der Waals surface area contributed by atoms with Gasteiger partial charge in [-0.25, -0.2) is 0 Å². The maximum absolute atomic E-state index is 8.59. The van der Waals surface area contributed by atoms with Gasteiger partial charge in [-0.2, -0.15) is 11.8 Å². The second-order valence-corrected chi connectivity index (χ2v) is 5.35. The Morgan fingerprint density at radius 3 is 1.27 bits per heavy atom. The molecule has 7 nitrogen and oxygen atoms in total. The van der Waals surface area contributed by atoms with Gasteiger partial charge in [0.2, 0.25) is 0 Å². The lowest BCUT2D eigenvalue weighted by atomic mass is 10.7. The zero-order chi connectivity index (χ0) is 16.1. The van der Waals surface area contributed by atoms with Crippen LogP contribution in [0.1, 0.15) is 0 Å². The van der Waals surface area contributed by atoms with Crippen molar-refractivity contribution in [1.29, 1.82) is 0 Å². The molecule has 22 heavy (non-hydrogen) atoms. The molecular weight excluding hydrogens is 312 g/mol. The SMILES string of the molecule is OCCOCCOCCOCCOCCOCCSCCO. The van der Waals surface area contributed by atoms with Gasteiger partial charge in [-0.3, -0.25) is 0 Å². The highest BCUT2D eigenvalue weighted by Crippen LogP contribution is 1.97. The fraction of sp³-hybridized carbons (Fsp3) is 1.00.